The summed E-state index contributed by atoms with van der Waals surface area (Å²) < 4.78 is 1.98. The van der Waals surface area contributed by atoms with Crippen molar-refractivity contribution in [2.24, 2.45) is 5.92 Å². The predicted octanol–water partition coefficient (Wildman–Crippen LogP) is 1.65. The quantitative estimate of drug-likeness (QED) is 0.771. The van der Waals surface area contributed by atoms with Crippen LogP contribution in [0.4, 0.5) is 0 Å². The largest absolute Gasteiger partial charge is 0.392 e. The molecule has 0 bridgehead atoms. The number of aliphatic hydroxyl groups is 1. The highest BCUT2D eigenvalue weighted by molar-refractivity contribution is 5.23. The number of nitrogens with zero attached hydrogens (tertiary/aromatic N) is 2. The summed E-state index contributed by atoms with van der Waals surface area (Å²) in [6.07, 6.45) is 0. The molecule has 0 saturated carbocycles. The van der Waals surface area contributed by atoms with Crippen LogP contribution in [0.25, 0.3) is 0 Å². The van der Waals surface area contributed by atoms with E-state index in [1.54, 1.807) is 0 Å². The van der Waals surface area contributed by atoms with Crippen LogP contribution in [0.5, 0.6) is 0 Å². The minimum atomic E-state index is 0.0930. The molecule has 13 heavy (non-hydrogen) atoms. The lowest BCUT2D eigenvalue weighted by molar-refractivity contribution is 0.280. The first-order valence-electron chi connectivity index (χ1n) is 4.70. The van der Waals surface area contributed by atoms with Crippen LogP contribution < -0.4 is 0 Å². The molecule has 0 amide bonds. The third-order valence-electron chi connectivity index (χ3n) is 2.23. The summed E-state index contributed by atoms with van der Waals surface area (Å²) in [6, 6.07) is 0. The Bertz CT molecular complexity index is 289. The molecular formula is C10H18N2O. The second-order valence-electron chi connectivity index (χ2n) is 3.88. The van der Waals surface area contributed by atoms with Crippen molar-refractivity contribution in [3.63, 3.8) is 0 Å². The minimum absolute atomic E-state index is 0.0930. The predicted molar refractivity (Wildman–Crippen MR) is 52.5 cm³/mol. The molecule has 1 aromatic heterocycles. The summed E-state index contributed by atoms with van der Waals surface area (Å²) in [4.78, 5) is 0. The highest BCUT2D eigenvalue weighted by atomic mass is 16.3. The van der Waals surface area contributed by atoms with Gasteiger partial charge in [-0.3, -0.25) is 4.68 Å². The van der Waals surface area contributed by atoms with E-state index in [1.807, 2.05) is 18.5 Å². The Kier molecular flexibility index (Phi) is 3.09. The molecule has 1 N–H and O–H groups in total. The lowest BCUT2D eigenvalue weighted by atomic mass is 10.2. The first-order chi connectivity index (χ1) is 6.06. The van der Waals surface area contributed by atoms with Crippen molar-refractivity contribution in [3.05, 3.63) is 17.0 Å². The molecule has 1 rings (SSSR count). The van der Waals surface area contributed by atoms with E-state index in [4.69, 9.17) is 5.11 Å². The van der Waals surface area contributed by atoms with Crippen molar-refractivity contribution in [3.8, 4) is 0 Å². The molecule has 0 aliphatic heterocycles. The number of hydrogen-bond acceptors (Lipinski definition) is 2. The van der Waals surface area contributed by atoms with Gasteiger partial charge in [-0.2, -0.15) is 5.10 Å². The molecule has 0 atom stereocenters. The van der Waals surface area contributed by atoms with Gasteiger partial charge < -0.3 is 5.11 Å². The normalized spacial score (nSPS) is 11.2. The monoisotopic (exact) mass is 182 g/mol. The Morgan fingerprint density at radius 2 is 2.00 bits per heavy atom. The van der Waals surface area contributed by atoms with Gasteiger partial charge in [0.1, 0.15) is 0 Å². The van der Waals surface area contributed by atoms with E-state index in [0.717, 1.165) is 23.5 Å². The van der Waals surface area contributed by atoms with Gasteiger partial charge in [0.05, 0.1) is 12.3 Å². The molecule has 0 aliphatic carbocycles. The zero-order valence-electron chi connectivity index (χ0n) is 8.83. The lowest BCUT2D eigenvalue weighted by Crippen LogP contribution is -2.08. The smallest absolute Gasteiger partial charge is 0.0718 e. The number of aryl methyl sites for hydroxylation is 1. The number of aliphatic hydroxyl groups excluding tert-OH is 1. The highest BCUT2D eigenvalue weighted by Crippen LogP contribution is 2.13. The second-order valence-corrected chi connectivity index (χ2v) is 3.88. The summed E-state index contributed by atoms with van der Waals surface area (Å²) >= 11 is 0. The van der Waals surface area contributed by atoms with E-state index in [2.05, 4.69) is 18.9 Å². The van der Waals surface area contributed by atoms with Gasteiger partial charge in [0, 0.05) is 17.8 Å². The Balaban J connectivity index is 2.96. The molecule has 0 spiro atoms. The third kappa shape index (κ3) is 2.10. The molecule has 0 saturated heterocycles. The average molecular weight is 182 g/mol. The fourth-order valence-electron chi connectivity index (χ4n) is 1.49. The van der Waals surface area contributed by atoms with Crippen LogP contribution in [0.2, 0.25) is 0 Å². The maximum Gasteiger partial charge on any atom is 0.0718 e. The lowest BCUT2D eigenvalue weighted by Gasteiger charge is -2.07. The second kappa shape index (κ2) is 3.92. The summed E-state index contributed by atoms with van der Waals surface area (Å²) in [5.41, 5.74) is 3.01. The van der Waals surface area contributed by atoms with Crippen molar-refractivity contribution < 1.29 is 5.11 Å². The first kappa shape index (κ1) is 10.3. The van der Waals surface area contributed by atoms with Crippen LogP contribution in [0.15, 0.2) is 0 Å². The maximum absolute atomic E-state index is 9.09. The van der Waals surface area contributed by atoms with Gasteiger partial charge in [0.15, 0.2) is 0 Å². The number of hydrogen-bond donors (Lipinski definition) is 1. The minimum Gasteiger partial charge on any atom is -0.392 e. The SMILES string of the molecule is Cc1nn(CC(C)C)c(C)c1CO. The van der Waals surface area contributed by atoms with Crippen molar-refractivity contribution in [2.75, 3.05) is 0 Å². The van der Waals surface area contributed by atoms with Crippen LogP contribution in [0.3, 0.4) is 0 Å². The molecule has 3 heteroatoms. The van der Waals surface area contributed by atoms with Gasteiger partial charge in [0.2, 0.25) is 0 Å². The molecule has 0 fully saturated rings. The standard InChI is InChI=1S/C10H18N2O/c1-7(2)5-12-9(4)10(6-13)8(3)11-12/h7,13H,5-6H2,1-4H3. The summed E-state index contributed by atoms with van der Waals surface area (Å²) in [6.45, 7) is 9.29. The summed E-state index contributed by atoms with van der Waals surface area (Å²) in [5, 5.41) is 13.5. The van der Waals surface area contributed by atoms with Gasteiger partial charge in [-0.25, -0.2) is 0 Å². The van der Waals surface area contributed by atoms with Crippen molar-refractivity contribution in [1.29, 1.82) is 0 Å². The number of aromatic nitrogens is 2. The zero-order chi connectivity index (χ0) is 10.0. The van der Waals surface area contributed by atoms with Crippen LogP contribution in [0, 0.1) is 19.8 Å². The molecule has 1 heterocycles. The van der Waals surface area contributed by atoms with Gasteiger partial charge in [-0.1, -0.05) is 13.8 Å². The summed E-state index contributed by atoms with van der Waals surface area (Å²) in [5.74, 6) is 0.588. The van der Waals surface area contributed by atoms with E-state index >= 15 is 0 Å². The topological polar surface area (TPSA) is 38.0 Å². The molecule has 0 aromatic carbocycles. The van der Waals surface area contributed by atoms with E-state index in [9.17, 15) is 0 Å². The first-order valence-corrected chi connectivity index (χ1v) is 4.70. The Hall–Kier alpha value is -0.830. The average Bonchev–Trinajstić information content (AvgIpc) is 2.26. The highest BCUT2D eigenvalue weighted by Gasteiger charge is 2.10. The van der Waals surface area contributed by atoms with Crippen LogP contribution in [-0.4, -0.2) is 14.9 Å². The maximum atomic E-state index is 9.09. The van der Waals surface area contributed by atoms with E-state index in [-0.39, 0.29) is 6.61 Å². The Labute approximate surface area is 79.4 Å². The molecule has 0 unspecified atom stereocenters. The van der Waals surface area contributed by atoms with Crippen LogP contribution in [0.1, 0.15) is 30.8 Å². The van der Waals surface area contributed by atoms with Gasteiger partial charge in [0.25, 0.3) is 0 Å². The van der Waals surface area contributed by atoms with Gasteiger partial charge >= 0.3 is 0 Å². The zero-order valence-corrected chi connectivity index (χ0v) is 8.83. The molecule has 3 nitrogen and oxygen atoms in total. The van der Waals surface area contributed by atoms with Crippen LogP contribution >= 0.6 is 0 Å². The molecule has 1 aromatic rings. The fraction of sp³-hybridized carbons (Fsp3) is 0.700. The third-order valence-corrected chi connectivity index (χ3v) is 2.23. The van der Waals surface area contributed by atoms with E-state index < -0.39 is 0 Å². The Morgan fingerprint density at radius 1 is 1.38 bits per heavy atom. The molecule has 0 aliphatic rings. The molecular weight excluding hydrogens is 164 g/mol. The van der Waals surface area contributed by atoms with Crippen molar-refractivity contribution >= 4 is 0 Å². The van der Waals surface area contributed by atoms with E-state index in [0.29, 0.717) is 5.92 Å². The van der Waals surface area contributed by atoms with Crippen molar-refractivity contribution in [1.82, 2.24) is 9.78 Å². The van der Waals surface area contributed by atoms with Crippen LogP contribution in [-0.2, 0) is 13.2 Å². The Morgan fingerprint density at radius 3 is 2.38 bits per heavy atom. The fourth-order valence-corrected chi connectivity index (χ4v) is 1.49. The number of rotatable bonds is 3. The summed E-state index contributed by atoms with van der Waals surface area (Å²) in [7, 11) is 0. The van der Waals surface area contributed by atoms with E-state index in [1.165, 1.54) is 0 Å². The molecule has 74 valence electrons. The van der Waals surface area contributed by atoms with Gasteiger partial charge in [-0.15, -0.1) is 0 Å². The van der Waals surface area contributed by atoms with Gasteiger partial charge in [-0.05, 0) is 19.8 Å². The van der Waals surface area contributed by atoms with Crippen molar-refractivity contribution in [2.45, 2.75) is 40.8 Å². The molecule has 0 radical (unpaired) electrons.